The molecule has 0 radical (unpaired) electrons. The Morgan fingerprint density at radius 3 is 3.00 bits per heavy atom. The number of aliphatic hydroxyl groups is 1. The zero-order chi connectivity index (χ0) is 12.4. The summed E-state index contributed by atoms with van der Waals surface area (Å²) < 4.78 is 0. The summed E-state index contributed by atoms with van der Waals surface area (Å²) in [6.45, 7) is 4.43. The normalized spacial score (nSPS) is 12.9. The lowest BCUT2D eigenvalue weighted by atomic mass is 10.2. The molecule has 0 aliphatic heterocycles. The second-order valence-electron chi connectivity index (χ2n) is 3.95. The molecule has 4 N–H and O–H groups in total. The highest BCUT2D eigenvalue weighted by Crippen LogP contribution is 2.28. The molecule has 0 aromatic carbocycles. The van der Waals surface area contributed by atoms with E-state index in [1.54, 1.807) is 11.3 Å². The van der Waals surface area contributed by atoms with Crippen molar-refractivity contribution in [2.75, 3.05) is 17.6 Å². The van der Waals surface area contributed by atoms with Gasteiger partial charge in [0, 0.05) is 11.4 Å². The second-order valence-corrected chi connectivity index (χ2v) is 5.18. The molecule has 2 rings (SSSR count). The Hall–Kier alpha value is -1.40. The highest BCUT2D eigenvalue weighted by atomic mass is 32.1. The molecule has 0 saturated carbocycles. The van der Waals surface area contributed by atoms with E-state index in [4.69, 9.17) is 5.73 Å². The van der Waals surface area contributed by atoms with Crippen LogP contribution in [-0.4, -0.2) is 27.7 Å². The molecule has 6 heteroatoms. The van der Waals surface area contributed by atoms with Crippen molar-refractivity contribution in [3.05, 3.63) is 10.9 Å². The first-order chi connectivity index (χ1) is 8.10. The summed E-state index contributed by atoms with van der Waals surface area (Å²) in [5, 5.41) is 13.6. The van der Waals surface area contributed by atoms with Gasteiger partial charge in [0.05, 0.1) is 11.5 Å². The maximum Gasteiger partial charge on any atom is 0.223 e. The first-order valence-electron chi connectivity index (χ1n) is 5.55. The average Bonchev–Trinajstić information content (AvgIpc) is 2.65. The van der Waals surface area contributed by atoms with Crippen LogP contribution >= 0.6 is 11.3 Å². The fourth-order valence-corrected chi connectivity index (χ4v) is 2.44. The van der Waals surface area contributed by atoms with E-state index in [1.807, 2.05) is 19.9 Å². The minimum atomic E-state index is -0.374. The molecule has 5 nitrogen and oxygen atoms in total. The largest absolute Gasteiger partial charge is 0.391 e. The molecule has 0 amide bonds. The Balaban J connectivity index is 2.31. The minimum Gasteiger partial charge on any atom is -0.391 e. The van der Waals surface area contributed by atoms with E-state index in [0.717, 1.165) is 10.2 Å². The van der Waals surface area contributed by atoms with Gasteiger partial charge in [-0.3, -0.25) is 0 Å². The van der Waals surface area contributed by atoms with E-state index in [2.05, 4.69) is 15.3 Å². The number of aromatic nitrogens is 2. The van der Waals surface area contributed by atoms with Gasteiger partial charge >= 0.3 is 0 Å². The van der Waals surface area contributed by atoms with Crippen molar-refractivity contribution >= 4 is 33.3 Å². The third-order valence-electron chi connectivity index (χ3n) is 2.51. The summed E-state index contributed by atoms with van der Waals surface area (Å²) in [5.41, 5.74) is 5.65. The number of nitrogens with two attached hydrogens (primary N) is 1. The molecule has 0 saturated heterocycles. The molecular formula is C11H16N4OS. The number of nitrogens with zero attached hydrogens (tertiary/aromatic N) is 2. The fraction of sp³-hybridized carbons (Fsp3) is 0.455. The molecule has 1 unspecified atom stereocenters. The van der Waals surface area contributed by atoms with Crippen molar-refractivity contribution in [3.8, 4) is 0 Å². The Labute approximate surface area is 104 Å². The smallest absolute Gasteiger partial charge is 0.223 e. The number of thiophene rings is 1. The van der Waals surface area contributed by atoms with Crippen molar-refractivity contribution in [3.63, 3.8) is 0 Å². The van der Waals surface area contributed by atoms with Crippen LogP contribution in [0.3, 0.4) is 0 Å². The Morgan fingerprint density at radius 1 is 1.53 bits per heavy atom. The van der Waals surface area contributed by atoms with Gasteiger partial charge in [0.1, 0.15) is 10.6 Å². The molecule has 0 aliphatic carbocycles. The number of hydrogen-bond donors (Lipinski definition) is 3. The third kappa shape index (κ3) is 2.65. The van der Waals surface area contributed by atoms with E-state index in [0.29, 0.717) is 18.8 Å². The molecule has 92 valence electrons. The number of hydrogen-bond acceptors (Lipinski definition) is 6. The predicted molar refractivity (Wildman–Crippen MR) is 71.4 cm³/mol. The van der Waals surface area contributed by atoms with E-state index < -0.39 is 0 Å². The van der Waals surface area contributed by atoms with Crippen molar-refractivity contribution in [1.29, 1.82) is 0 Å². The predicted octanol–water partition coefficient (Wildman–Crippen LogP) is 1.76. The number of nitrogens with one attached hydrogen (secondary N) is 1. The van der Waals surface area contributed by atoms with Crippen LogP contribution in [0.15, 0.2) is 6.07 Å². The molecule has 0 aliphatic rings. The SMILES string of the molecule is CCC(O)CNc1nc(N)nc2sc(C)cc12. The van der Waals surface area contributed by atoms with Crippen LogP contribution < -0.4 is 11.1 Å². The van der Waals surface area contributed by atoms with Gasteiger partial charge in [-0.1, -0.05) is 6.92 Å². The van der Waals surface area contributed by atoms with E-state index in [-0.39, 0.29) is 12.1 Å². The zero-order valence-corrected chi connectivity index (χ0v) is 10.7. The highest BCUT2D eigenvalue weighted by molar-refractivity contribution is 7.18. The number of fused-ring (bicyclic) bond motifs is 1. The summed E-state index contributed by atoms with van der Waals surface area (Å²) in [6, 6.07) is 2.03. The van der Waals surface area contributed by atoms with Gasteiger partial charge in [0.15, 0.2) is 0 Å². The van der Waals surface area contributed by atoms with Crippen LogP contribution in [0.5, 0.6) is 0 Å². The summed E-state index contributed by atoms with van der Waals surface area (Å²) in [4.78, 5) is 10.4. The van der Waals surface area contributed by atoms with Gasteiger partial charge in [0.2, 0.25) is 5.95 Å². The van der Waals surface area contributed by atoms with Crippen LogP contribution in [0.2, 0.25) is 0 Å². The molecule has 1 atom stereocenters. The molecule has 0 spiro atoms. The van der Waals surface area contributed by atoms with Crippen molar-refractivity contribution in [2.45, 2.75) is 26.4 Å². The minimum absolute atomic E-state index is 0.257. The van der Waals surface area contributed by atoms with Crippen molar-refractivity contribution in [2.24, 2.45) is 0 Å². The highest BCUT2D eigenvalue weighted by Gasteiger charge is 2.10. The third-order valence-corrected chi connectivity index (χ3v) is 3.45. The lowest BCUT2D eigenvalue weighted by Crippen LogP contribution is -2.19. The molecule has 17 heavy (non-hydrogen) atoms. The van der Waals surface area contributed by atoms with Gasteiger partial charge in [-0.15, -0.1) is 11.3 Å². The maximum absolute atomic E-state index is 9.53. The van der Waals surface area contributed by atoms with Gasteiger partial charge in [-0.05, 0) is 19.4 Å². The molecular weight excluding hydrogens is 236 g/mol. The molecule has 2 aromatic heterocycles. The van der Waals surface area contributed by atoms with Crippen LogP contribution in [0.4, 0.5) is 11.8 Å². The number of anilines is 2. The van der Waals surface area contributed by atoms with Crippen molar-refractivity contribution in [1.82, 2.24) is 9.97 Å². The van der Waals surface area contributed by atoms with Crippen LogP contribution in [0.25, 0.3) is 10.2 Å². The molecule has 2 heterocycles. The van der Waals surface area contributed by atoms with E-state index in [9.17, 15) is 5.11 Å². The summed E-state index contributed by atoms with van der Waals surface area (Å²) in [5.74, 6) is 0.956. The van der Waals surface area contributed by atoms with Crippen LogP contribution in [0.1, 0.15) is 18.2 Å². The number of rotatable bonds is 4. The van der Waals surface area contributed by atoms with E-state index >= 15 is 0 Å². The lowest BCUT2D eigenvalue weighted by molar-refractivity contribution is 0.183. The summed E-state index contributed by atoms with van der Waals surface area (Å²) in [6.07, 6.45) is 0.334. The number of nitrogen functional groups attached to an aromatic ring is 1. The van der Waals surface area contributed by atoms with E-state index in [1.165, 1.54) is 4.88 Å². The summed E-state index contributed by atoms with van der Waals surface area (Å²) >= 11 is 1.59. The Bertz CT molecular complexity index is 525. The van der Waals surface area contributed by atoms with Crippen LogP contribution in [-0.2, 0) is 0 Å². The van der Waals surface area contributed by atoms with Gasteiger partial charge in [0.25, 0.3) is 0 Å². The molecule has 0 bridgehead atoms. The fourth-order valence-electron chi connectivity index (χ4n) is 1.55. The average molecular weight is 252 g/mol. The monoisotopic (exact) mass is 252 g/mol. The standard InChI is InChI=1S/C11H16N4OS/c1-3-7(16)5-13-9-8-4-6(2)17-10(8)15-11(12)14-9/h4,7,16H,3,5H2,1-2H3,(H3,12,13,14,15). The summed E-state index contributed by atoms with van der Waals surface area (Å²) in [7, 11) is 0. The first kappa shape index (κ1) is 12.1. The topological polar surface area (TPSA) is 84.1 Å². The van der Waals surface area contributed by atoms with Gasteiger partial charge in [-0.25, -0.2) is 4.98 Å². The van der Waals surface area contributed by atoms with Crippen molar-refractivity contribution < 1.29 is 5.11 Å². The first-order valence-corrected chi connectivity index (χ1v) is 6.37. The maximum atomic E-state index is 9.53. The quantitative estimate of drug-likeness (QED) is 0.772. The number of aliphatic hydroxyl groups excluding tert-OH is 1. The van der Waals surface area contributed by atoms with Gasteiger partial charge < -0.3 is 16.2 Å². The van der Waals surface area contributed by atoms with Gasteiger partial charge in [-0.2, -0.15) is 4.98 Å². The zero-order valence-electron chi connectivity index (χ0n) is 9.90. The second kappa shape index (κ2) is 4.85. The Kier molecular flexibility index (Phi) is 3.44. The lowest BCUT2D eigenvalue weighted by Gasteiger charge is -2.10. The number of aryl methyl sites for hydroxylation is 1. The molecule has 2 aromatic rings. The Morgan fingerprint density at radius 2 is 2.29 bits per heavy atom. The molecule has 0 fully saturated rings. The van der Waals surface area contributed by atoms with Crippen LogP contribution in [0, 0.1) is 6.92 Å².